The summed E-state index contributed by atoms with van der Waals surface area (Å²) in [6.07, 6.45) is 0.796. The summed E-state index contributed by atoms with van der Waals surface area (Å²) in [6, 6.07) is 15.8. The first-order valence-electron chi connectivity index (χ1n) is 7.75. The van der Waals surface area contributed by atoms with Crippen molar-refractivity contribution in [3.05, 3.63) is 58.0 Å². The highest BCUT2D eigenvalue weighted by Crippen LogP contribution is 2.30. The molecule has 3 aromatic rings. The molecule has 0 aliphatic heterocycles. The van der Waals surface area contributed by atoms with Gasteiger partial charge in [-0.2, -0.15) is 0 Å². The van der Waals surface area contributed by atoms with Crippen LogP contribution in [0.1, 0.15) is 11.9 Å². The molecule has 0 aliphatic carbocycles. The summed E-state index contributed by atoms with van der Waals surface area (Å²) in [5.41, 5.74) is 2.20. The van der Waals surface area contributed by atoms with Crippen molar-refractivity contribution >= 4 is 38.3 Å². The minimum atomic E-state index is -0.266. The van der Waals surface area contributed by atoms with Gasteiger partial charge < -0.3 is 4.74 Å². The molecule has 0 aliphatic rings. The van der Waals surface area contributed by atoms with Crippen LogP contribution in [-0.4, -0.2) is 22.7 Å². The number of halogens is 1. The zero-order valence-corrected chi connectivity index (χ0v) is 15.9. The van der Waals surface area contributed by atoms with E-state index in [-0.39, 0.29) is 12.5 Å². The van der Waals surface area contributed by atoms with Gasteiger partial charge in [-0.15, -0.1) is 10.2 Å². The number of ether oxygens (including phenoxy) is 1. The molecule has 0 atom stereocenters. The lowest BCUT2D eigenvalue weighted by Crippen LogP contribution is -2.20. The van der Waals surface area contributed by atoms with E-state index in [1.54, 1.807) is 0 Å². The molecule has 0 saturated carbocycles. The van der Waals surface area contributed by atoms with Crippen molar-refractivity contribution < 1.29 is 9.53 Å². The summed E-state index contributed by atoms with van der Waals surface area (Å²) in [6.45, 7) is 1.90. The molecule has 2 aromatic carbocycles. The first-order chi connectivity index (χ1) is 12.2. The molecule has 0 bridgehead atoms. The largest absolute Gasteiger partial charge is 0.483 e. The van der Waals surface area contributed by atoms with Gasteiger partial charge in [0.25, 0.3) is 5.91 Å². The van der Waals surface area contributed by atoms with E-state index >= 15 is 0 Å². The van der Waals surface area contributed by atoms with Crippen LogP contribution in [-0.2, 0) is 11.2 Å². The fourth-order valence-corrected chi connectivity index (χ4v) is 3.36. The molecular weight excluding hydrogens is 402 g/mol. The number of nitrogens with zero attached hydrogens (tertiary/aromatic N) is 2. The number of carbonyl (C=O) groups excluding carboxylic acids is 1. The molecule has 25 heavy (non-hydrogen) atoms. The topological polar surface area (TPSA) is 64.1 Å². The molecule has 3 rings (SSSR count). The maximum Gasteiger partial charge on any atom is 0.264 e. The van der Waals surface area contributed by atoms with E-state index in [9.17, 15) is 4.79 Å². The van der Waals surface area contributed by atoms with E-state index in [0.29, 0.717) is 10.9 Å². The van der Waals surface area contributed by atoms with Gasteiger partial charge in [0.2, 0.25) is 5.13 Å². The number of anilines is 1. The van der Waals surface area contributed by atoms with Crippen LogP contribution in [0.25, 0.3) is 11.1 Å². The Hall–Kier alpha value is -2.25. The molecule has 5 nitrogen and oxygen atoms in total. The number of hydrogen-bond donors (Lipinski definition) is 1. The second-order valence-electron chi connectivity index (χ2n) is 5.20. The van der Waals surface area contributed by atoms with Gasteiger partial charge in [0.1, 0.15) is 10.8 Å². The second kappa shape index (κ2) is 8.22. The summed E-state index contributed by atoms with van der Waals surface area (Å²) < 4.78 is 6.39. The van der Waals surface area contributed by atoms with E-state index < -0.39 is 0 Å². The molecule has 1 aromatic heterocycles. The van der Waals surface area contributed by atoms with E-state index in [1.807, 2.05) is 55.5 Å². The van der Waals surface area contributed by atoms with Gasteiger partial charge in [-0.3, -0.25) is 10.1 Å². The number of hydrogen-bond acceptors (Lipinski definition) is 5. The highest BCUT2D eigenvalue weighted by molar-refractivity contribution is 9.10. The van der Waals surface area contributed by atoms with Crippen LogP contribution in [0.3, 0.4) is 0 Å². The fraction of sp³-hybridized carbons (Fsp3) is 0.167. The molecule has 0 unspecified atom stereocenters. The van der Waals surface area contributed by atoms with Crippen molar-refractivity contribution in [2.24, 2.45) is 0 Å². The predicted molar refractivity (Wildman–Crippen MR) is 103 cm³/mol. The molecule has 0 spiro atoms. The molecule has 128 valence electrons. The molecule has 1 heterocycles. The average Bonchev–Trinajstić information content (AvgIpc) is 3.09. The molecule has 0 radical (unpaired) electrons. The Bertz CT molecular complexity index is 868. The van der Waals surface area contributed by atoms with Gasteiger partial charge in [0.15, 0.2) is 6.61 Å². The Morgan fingerprint density at radius 2 is 1.96 bits per heavy atom. The third kappa shape index (κ3) is 4.64. The normalized spacial score (nSPS) is 10.5. The Morgan fingerprint density at radius 3 is 2.64 bits per heavy atom. The highest BCUT2D eigenvalue weighted by atomic mass is 79.9. The number of aryl methyl sites for hydroxylation is 1. The van der Waals surface area contributed by atoms with Crippen molar-refractivity contribution in [2.45, 2.75) is 13.3 Å². The van der Waals surface area contributed by atoms with Gasteiger partial charge in [0, 0.05) is 0 Å². The fourth-order valence-electron chi connectivity index (χ4n) is 2.17. The van der Waals surface area contributed by atoms with Gasteiger partial charge in [-0.05, 0) is 45.6 Å². The lowest BCUT2D eigenvalue weighted by atomic mass is 10.1. The van der Waals surface area contributed by atoms with Gasteiger partial charge in [-0.25, -0.2) is 0 Å². The van der Waals surface area contributed by atoms with E-state index in [0.717, 1.165) is 27.0 Å². The summed E-state index contributed by atoms with van der Waals surface area (Å²) in [5.74, 6) is 0.346. The van der Waals surface area contributed by atoms with E-state index in [1.165, 1.54) is 11.3 Å². The van der Waals surface area contributed by atoms with Crippen LogP contribution < -0.4 is 10.1 Å². The molecule has 1 N–H and O–H groups in total. The minimum Gasteiger partial charge on any atom is -0.483 e. The Kier molecular flexibility index (Phi) is 5.78. The summed E-state index contributed by atoms with van der Waals surface area (Å²) in [7, 11) is 0. The van der Waals surface area contributed by atoms with Crippen molar-refractivity contribution in [2.75, 3.05) is 11.9 Å². The molecule has 1 amide bonds. The van der Waals surface area contributed by atoms with Gasteiger partial charge >= 0.3 is 0 Å². The first kappa shape index (κ1) is 17.6. The summed E-state index contributed by atoms with van der Waals surface area (Å²) in [4.78, 5) is 12.0. The number of amides is 1. The quantitative estimate of drug-likeness (QED) is 0.638. The number of rotatable bonds is 6. The highest BCUT2D eigenvalue weighted by Gasteiger charge is 2.10. The zero-order valence-electron chi connectivity index (χ0n) is 13.5. The third-order valence-corrected chi connectivity index (χ3v) is 5.02. The zero-order chi connectivity index (χ0) is 17.6. The van der Waals surface area contributed by atoms with Crippen molar-refractivity contribution in [3.63, 3.8) is 0 Å². The van der Waals surface area contributed by atoms with Crippen molar-refractivity contribution in [1.82, 2.24) is 10.2 Å². The number of aromatic nitrogens is 2. The molecule has 7 heteroatoms. The predicted octanol–water partition coefficient (Wildman–Crippen LogP) is 4.55. The number of carbonyl (C=O) groups is 1. The Morgan fingerprint density at radius 1 is 1.16 bits per heavy atom. The van der Waals surface area contributed by atoms with Crippen LogP contribution >= 0.6 is 27.3 Å². The standard InChI is InChI=1S/C18H16BrN3O2S/c1-2-17-21-22-18(25-17)20-16(23)11-24-15-9-8-13(10-14(15)19)12-6-4-3-5-7-12/h3-10H,2,11H2,1H3,(H,20,22,23). The Labute approximate surface area is 158 Å². The lowest BCUT2D eigenvalue weighted by molar-refractivity contribution is -0.118. The third-order valence-electron chi connectivity index (χ3n) is 3.41. The smallest absolute Gasteiger partial charge is 0.264 e. The van der Waals surface area contributed by atoms with Crippen LogP contribution in [0, 0.1) is 0 Å². The van der Waals surface area contributed by atoms with Crippen molar-refractivity contribution in [1.29, 1.82) is 0 Å². The lowest BCUT2D eigenvalue weighted by Gasteiger charge is -2.09. The van der Waals surface area contributed by atoms with Crippen LogP contribution in [0.4, 0.5) is 5.13 Å². The van der Waals surface area contributed by atoms with Crippen molar-refractivity contribution in [3.8, 4) is 16.9 Å². The first-order valence-corrected chi connectivity index (χ1v) is 9.36. The van der Waals surface area contributed by atoms with E-state index in [2.05, 4.69) is 31.4 Å². The summed E-state index contributed by atoms with van der Waals surface area (Å²) in [5, 5.41) is 11.9. The van der Waals surface area contributed by atoms with Crippen LogP contribution in [0.5, 0.6) is 5.75 Å². The van der Waals surface area contributed by atoms with Crippen LogP contribution in [0.2, 0.25) is 0 Å². The molecule has 0 fully saturated rings. The Balaban J connectivity index is 1.60. The average molecular weight is 418 g/mol. The summed E-state index contributed by atoms with van der Waals surface area (Å²) >= 11 is 4.86. The maximum atomic E-state index is 12.0. The SMILES string of the molecule is CCc1nnc(NC(=O)COc2ccc(-c3ccccc3)cc2Br)s1. The maximum absolute atomic E-state index is 12.0. The van der Waals surface area contributed by atoms with Gasteiger partial charge in [-0.1, -0.05) is 54.7 Å². The second-order valence-corrected chi connectivity index (χ2v) is 7.12. The number of benzene rings is 2. The minimum absolute atomic E-state index is 0.0929. The van der Waals surface area contributed by atoms with E-state index in [4.69, 9.17) is 4.74 Å². The van der Waals surface area contributed by atoms with Gasteiger partial charge in [0.05, 0.1) is 4.47 Å². The van der Waals surface area contributed by atoms with Crippen LogP contribution in [0.15, 0.2) is 53.0 Å². The molecule has 0 saturated heterocycles. The number of nitrogens with one attached hydrogen (secondary N) is 1. The molecular formula is C18H16BrN3O2S. The monoisotopic (exact) mass is 417 g/mol.